The number of anilines is 1. The van der Waals surface area contributed by atoms with Crippen LogP contribution in [-0.4, -0.2) is 36.3 Å². The van der Waals surface area contributed by atoms with Crippen LogP contribution in [0.1, 0.15) is 36.0 Å². The number of benzene rings is 1. The predicted molar refractivity (Wildman–Crippen MR) is 78.2 cm³/mol. The summed E-state index contributed by atoms with van der Waals surface area (Å²) in [6.45, 7) is 1.84. The summed E-state index contributed by atoms with van der Waals surface area (Å²) >= 11 is 0. The third-order valence-corrected chi connectivity index (χ3v) is 3.52. The van der Waals surface area contributed by atoms with Crippen LogP contribution >= 0.6 is 0 Å². The number of rotatable bonds is 4. The fourth-order valence-electron chi connectivity index (χ4n) is 2.43. The molecule has 114 valence electrons. The van der Waals surface area contributed by atoms with E-state index in [1.54, 1.807) is 0 Å². The Morgan fingerprint density at radius 1 is 1.19 bits per heavy atom. The number of hydrogen-bond donors (Lipinski definition) is 2. The second-order valence-corrected chi connectivity index (χ2v) is 5.22. The quantitative estimate of drug-likeness (QED) is 0.827. The van der Waals surface area contributed by atoms with E-state index in [2.05, 4.69) is 5.32 Å². The van der Waals surface area contributed by atoms with E-state index in [9.17, 15) is 14.0 Å². The van der Waals surface area contributed by atoms with Gasteiger partial charge in [0.25, 0.3) is 5.91 Å². The van der Waals surface area contributed by atoms with Crippen molar-refractivity contribution in [2.45, 2.75) is 25.7 Å². The van der Waals surface area contributed by atoms with E-state index in [1.807, 2.05) is 4.90 Å². The van der Waals surface area contributed by atoms with Gasteiger partial charge >= 0.3 is 0 Å². The number of nitrogens with two attached hydrogens (primary N) is 1. The van der Waals surface area contributed by atoms with E-state index in [4.69, 9.17) is 5.73 Å². The van der Waals surface area contributed by atoms with E-state index in [0.29, 0.717) is 0 Å². The van der Waals surface area contributed by atoms with Crippen molar-refractivity contribution in [3.05, 3.63) is 29.6 Å². The first kappa shape index (κ1) is 15.3. The zero-order valence-corrected chi connectivity index (χ0v) is 11.9. The molecule has 1 fully saturated rings. The molecule has 0 unspecified atom stereocenters. The molecule has 1 aliphatic rings. The van der Waals surface area contributed by atoms with E-state index in [-0.39, 0.29) is 30.1 Å². The topological polar surface area (TPSA) is 75.4 Å². The molecule has 1 heterocycles. The summed E-state index contributed by atoms with van der Waals surface area (Å²) in [5.41, 5.74) is 5.85. The van der Waals surface area contributed by atoms with Gasteiger partial charge in [0, 0.05) is 37.3 Å². The van der Waals surface area contributed by atoms with Crippen LogP contribution in [0.25, 0.3) is 0 Å². The maximum atomic E-state index is 13.2. The Morgan fingerprint density at radius 2 is 1.90 bits per heavy atom. The Morgan fingerprint density at radius 3 is 2.57 bits per heavy atom. The molecule has 1 aliphatic heterocycles. The number of nitrogens with one attached hydrogen (secondary N) is 1. The second kappa shape index (κ2) is 7.06. The first-order chi connectivity index (χ1) is 10.1. The molecule has 2 amide bonds. The van der Waals surface area contributed by atoms with Crippen LogP contribution in [0.5, 0.6) is 0 Å². The van der Waals surface area contributed by atoms with Crippen LogP contribution in [0.15, 0.2) is 18.2 Å². The molecule has 0 saturated carbocycles. The highest BCUT2D eigenvalue weighted by molar-refractivity contribution is 5.95. The van der Waals surface area contributed by atoms with Crippen LogP contribution in [0.4, 0.5) is 10.1 Å². The summed E-state index contributed by atoms with van der Waals surface area (Å²) in [4.78, 5) is 25.6. The Bertz CT molecular complexity index is 507. The average molecular weight is 293 g/mol. The summed E-state index contributed by atoms with van der Waals surface area (Å²) in [5, 5.41) is 2.61. The van der Waals surface area contributed by atoms with Gasteiger partial charge in [0.2, 0.25) is 5.91 Å². The number of carbonyl (C=O) groups excluding carboxylic acids is 2. The molecule has 0 bridgehead atoms. The number of likely N-dealkylation sites (tertiary alicyclic amines) is 1. The SMILES string of the molecule is Nc1cc(F)cc(C(=O)NCCC(=O)N2CCCCC2)c1. The minimum atomic E-state index is -0.551. The van der Waals surface area contributed by atoms with Gasteiger partial charge in [0.15, 0.2) is 0 Å². The highest BCUT2D eigenvalue weighted by Gasteiger charge is 2.16. The van der Waals surface area contributed by atoms with Gasteiger partial charge in [0.1, 0.15) is 5.82 Å². The molecule has 3 N–H and O–H groups in total. The van der Waals surface area contributed by atoms with Gasteiger partial charge in [-0.05, 0) is 37.5 Å². The van der Waals surface area contributed by atoms with Crippen molar-refractivity contribution in [3.63, 3.8) is 0 Å². The highest BCUT2D eigenvalue weighted by Crippen LogP contribution is 2.11. The molecule has 1 saturated heterocycles. The number of carbonyl (C=O) groups is 2. The largest absolute Gasteiger partial charge is 0.399 e. The Labute approximate surface area is 123 Å². The lowest BCUT2D eigenvalue weighted by molar-refractivity contribution is -0.131. The Hall–Kier alpha value is -2.11. The average Bonchev–Trinajstić information content (AvgIpc) is 2.47. The van der Waals surface area contributed by atoms with Gasteiger partial charge in [-0.2, -0.15) is 0 Å². The van der Waals surface area contributed by atoms with E-state index in [0.717, 1.165) is 38.1 Å². The lowest BCUT2D eigenvalue weighted by atomic mass is 10.1. The molecule has 0 aliphatic carbocycles. The molecule has 5 nitrogen and oxygen atoms in total. The third kappa shape index (κ3) is 4.44. The van der Waals surface area contributed by atoms with Crippen LogP contribution < -0.4 is 11.1 Å². The number of nitrogens with zero attached hydrogens (tertiary/aromatic N) is 1. The van der Waals surface area contributed by atoms with Crippen molar-refractivity contribution in [1.82, 2.24) is 10.2 Å². The Balaban J connectivity index is 1.79. The number of piperidine rings is 1. The van der Waals surface area contributed by atoms with Crippen LogP contribution in [0.3, 0.4) is 0 Å². The third-order valence-electron chi connectivity index (χ3n) is 3.52. The minimum Gasteiger partial charge on any atom is -0.399 e. The smallest absolute Gasteiger partial charge is 0.251 e. The first-order valence-corrected chi connectivity index (χ1v) is 7.18. The normalized spacial score (nSPS) is 14.8. The molecule has 0 aromatic heterocycles. The zero-order chi connectivity index (χ0) is 15.2. The lowest BCUT2D eigenvalue weighted by Crippen LogP contribution is -2.37. The molecule has 21 heavy (non-hydrogen) atoms. The second-order valence-electron chi connectivity index (χ2n) is 5.22. The molecule has 6 heteroatoms. The van der Waals surface area contributed by atoms with Crippen molar-refractivity contribution in [3.8, 4) is 0 Å². The fourth-order valence-corrected chi connectivity index (χ4v) is 2.43. The van der Waals surface area contributed by atoms with Crippen molar-refractivity contribution >= 4 is 17.5 Å². The van der Waals surface area contributed by atoms with Gasteiger partial charge in [0.05, 0.1) is 0 Å². The number of amides is 2. The molecule has 0 atom stereocenters. The summed E-state index contributed by atoms with van der Waals surface area (Å²) in [6, 6.07) is 3.68. The van der Waals surface area contributed by atoms with Gasteiger partial charge in [-0.1, -0.05) is 0 Å². The van der Waals surface area contributed by atoms with E-state index < -0.39 is 11.7 Å². The monoisotopic (exact) mass is 293 g/mol. The number of hydrogen-bond acceptors (Lipinski definition) is 3. The number of nitrogen functional groups attached to an aromatic ring is 1. The zero-order valence-electron chi connectivity index (χ0n) is 11.9. The first-order valence-electron chi connectivity index (χ1n) is 7.18. The van der Waals surface area contributed by atoms with Crippen LogP contribution in [0.2, 0.25) is 0 Å². The van der Waals surface area contributed by atoms with Gasteiger partial charge in [-0.25, -0.2) is 4.39 Å². The molecular weight excluding hydrogens is 273 g/mol. The van der Waals surface area contributed by atoms with E-state index >= 15 is 0 Å². The van der Waals surface area contributed by atoms with Gasteiger partial charge in [-0.15, -0.1) is 0 Å². The fraction of sp³-hybridized carbons (Fsp3) is 0.467. The van der Waals surface area contributed by atoms with Crippen molar-refractivity contribution in [2.75, 3.05) is 25.4 Å². The van der Waals surface area contributed by atoms with Gasteiger partial charge in [-0.3, -0.25) is 9.59 Å². The summed E-state index contributed by atoms with van der Waals surface area (Å²) in [5.74, 6) is -0.925. The summed E-state index contributed by atoms with van der Waals surface area (Å²) in [7, 11) is 0. The van der Waals surface area contributed by atoms with Crippen LogP contribution in [-0.2, 0) is 4.79 Å². The molecule has 2 rings (SSSR count). The van der Waals surface area contributed by atoms with Crippen LogP contribution in [0, 0.1) is 5.82 Å². The minimum absolute atomic E-state index is 0.0498. The van der Waals surface area contributed by atoms with Gasteiger partial charge < -0.3 is 16.0 Å². The standard InChI is InChI=1S/C15H20FN3O2/c16-12-8-11(9-13(17)10-12)15(21)18-5-4-14(20)19-6-2-1-3-7-19/h8-10H,1-7,17H2,(H,18,21). The Kier molecular flexibility index (Phi) is 5.14. The maximum absolute atomic E-state index is 13.2. The molecule has 0 radical (unpaired) electrons. The molecule has 1 aromatic carbocycles. The van der Waals surface area contributed by atoms with Crippen molar-refractivity contribution in [1.29, 1.82) is 0 Å². The van der Waals surface area contributed by atoms with E-state index in [1.165, 1.54) is 12.5 Å². The van der Waals surface area contributed by atoms with Crippen molar-refractivity contribution in [2.24, 2.45) is 0 Å². The molecular formula is C15H20FN3O2. The predicted octanol–water partition coefficient (Wildman–Crippen LogP) is 1.54. The maximum Gasteiger partial charge on any atom is 0.251 e. The molecule has 1 aromatic rings. The highest BCUT2D eigenvalue weighted by atomic mass is 19.1. The van der Waals surface area contributed by atoms with Crippen molar-refractivity contribution < 1.29 is 14.0 Å². The molecule has 0 spiro atoms. The lowest BCUT2D eigenvalue weighted by Gasteiger charge is -2.26. The number of halogens is 1. The summed E-state index contributed by atoms with van der Waals surface area (Å²) in [6.07, 6.45) is 3.51. The summed E-state index contributed by atoms with van der Waals surface area (Å²) < 4.78 is 13.2.